The van der Waals surface area contributed by atoms with Crippen molar-refractivity contribution >= 4 is 27.5 Å². The first-order valence-electron chi connectivity index (χ1n) is 13.5. The standard InChI is InChI=1S/C30H32FN3O6S/c1-39-26-14-13-23(31)18-28(26)41(37,38)33-17-7-10-22(19-33)30(36)34-20-27(40-25-12-6-5-11-24(25)34)29(35)32-16-15-21-8-3-2-4-9-21/h2-6,8-9,11-14,18,22,27H,7,10,15-17,19-20H2,1H3,(H,32,35)/t22-,27-/m0/s1. The average molecular weight is 582 g/mol. The third kappa shape index (κ3) is 6.20. The molecule has 9 nitrogen and oxygen atoms in total. The SMILES string of the molecule is COc1ccc(F)cc1S(=O)(=O)N1CCC[C@H](C(=O)N2C[C@@H](C(=O)NCCc3ccccc3)Oc3ccccc32)C1. The van der Waals surface area contributed by atoms with Crippen molar-refractivity contribution in [3.63, 3.8) is 0 Å². The summed E-state index contributed by atoms with van der Waals surface area (Å²) in [6, 6.07) is 20.1. The Morgan fingerprint density at radius 1 is 1.05 bits per heavy atom. The Morgan fingerprint density at radius 3 is 2.59 bits per heavy atom. The maximum atomic E-state index is 14.0. The van der Waals surface area contributed by atoms with Crippen molar-refractivity contribution in [3.05, 3.63) is 84.2 Å². The Labute approximate surface area is 238 Å². The molecular weight excluding hydrogens is 549 g/mol. The first-order valence-corrected chi connectivity index (χ1v) is 14.9. The van der Waals surface area contributed by atoms with Crippen molar-refractivity contribution in [1.29, 1.82) is 0 Å². The van der Waals surface area contributed by atoms with E-state index in [-0.39, 0.29) is 42.1 Å². The fraction of sp³-hybridized carbons (Fsp3) is 0.333. The van der Waals surface area contributed by atoms with Gasteiger partial charge in [-0.3, -0.25) is 9.59 Å². The average Bonchev–Trinajstić information content (AvgIpc) is 3.00. The minimum absolute atomic E-state index is 0.00597. The second kappa shape index (κ2) is 12.3. The largest absolute Gasteiger partial charge is 0.495 e. The third-order valence-corrected chi connectivity index (χ3v) is 9.25. The van der Waals surface area contributed by atoms with E-state index in [0.29, 0.717) is 37.2 Å². The zero-order valence-corrected chi connectivity index (χ0v) is 23.5. The van der Waals surface area contributed by atoms with Crippen molar-refractivity contribution < 1.29 is 31.9 Å². The van der Waals surface area contributed by atoms with Gasteiger partial charge in [-0.15, -0.1) is 0 Å². The lowest BCUT2D eigenvalue weighted by molar-refractivity contribution is -0.129. The van der Waals surface area contributed by atoms with E-state index in [4.69, 9.17) is 9.47 Å². The number of fused-ring (bicyclic) bond motifs is 1. The minimum atomic E-state index is -4.13. The Kier molecular flexibility index (Phi) is 8.55. The van der Waals surface area contributed by atoms with Crippen LogP contribution in [-0.4, -0.2) is 63.9 Å². The molecular formula is C30H32FN3O6S. The molecule has 41 heavy (non-hydrogen) atoms. The van der Waals surface area contributed by atoms with E-state index < -0.39 is 27.9 Å². The highest BCUT2D eigenvalue weighted by molar-refractivity contribution is 7.89. The number of para-hydroxylation sites is 2. The van der Waals surface area contributed by atoms with Crippen LogP contribution in [0.3, 0.4) is 0 Å². The van der Waals surface area contributed by atoms with Gasteiger partial charge in [0.05, 0.1) is 25.3 Å². The van der Waals surface area contributed by atoms with Gasteiger partial charge in [-0.1, -0.05) is 42.5 Å². The van der Waals surface area contributed by atoms with Crippen LogP contribution in [0.2, 0.25) is 0 Å². The number of nitrogens with one attached hydrogen (secondary N) is 1. The van der Waals surface area contributed by atoms with Crippen LogP contribution in [-0.2, 0) is 26.0 Å². The number of amides is 2. The molecule has 3 aromatic rings. The van der Waals surface area contributed by atoms with Gasteiger partial charge in [-0.2, -0.15) is 4.31 Å². The van der Waals surface area contributed by atoms with E-state index >= 15 is 0 Å². The number of piperidine rings is 1. The number of sulfonamides is 1. The van der Waals surface area contributed by atoms with E-state index in [0.717, 1.165) is 17.7 Å². The molecule has 11 heteroatoms. The van der Waals surface area contributed by atoms with E-state index in [1.807, 2.05) is 30.3 Å². The van der Waals surface area contributed by atoms with Gasteiger partial charge in [-0.05, 0) is 55.2 Å². The zero-order valence-electron chi connectivity index (χ0n) is 22.7. The van der Waals surface area contributed by atoms with E-state index in [2.05, 4.69) is 5.32 Å². The number of nitrogens with zero attached hydrogens (tertiary/aromatic N) is 2. The molecule has 216 valence electrons. The summed E-state index contributed by atoms with van der Waals surface area (Å²) < 4.78 is 53.3. The highest BCUT2D eigenvalue weighted by Crippen LogP contribution is 2.36. The molecule has 3 aromatic carbocycles. The molecule has 2 aliphatic heterocycles. The predicted molar refractivity (Wildman–Crippen MR) is 151 cm³/mol. The molecule has 0 unspecified atom stereocenters. The Hall–Kier alpha value is -3.96. The van der Waals surface area contributed by atoms with Crippen LogP contribution in [0.25, 0.3) is 0 Å². The molecule has 2 aliphatic rings. The lowest BCUT2D eigenvalue weighted by atomic mass is 9.97. The molecule has 0 saturated carbocycles. The van der Waals surface area contributed by atoms with Crippen LogP contribution in [0.15, 0.2) is 77.7 Å². The summed E-state index contributed by atoms with van der Waals surface area (Å²) in [6.07, 6.45) is 0.645. The van der Waals surface area contributed by atoms with Crippen LogP contribution in [0.1, 0.15) is 18.4 Å². The van der Waals surface area contributed by atoms with Gasteiger partial charge >= 0.3 is 0 Å². The topological polar surface area (TPSA) is 105 Å². The number of hydrogen-bond donors (Lipinski definition) is 1. The molecule has 1 fully saturated rings. The Morgan fingerprint density at radius 2 is 1.80 bits per heavy atom. The van der Waals surface area contributed by atoms with Crippen LogP contribution in [0.4, 0.5) is 10.1 Å². The van der Waals surface area contributed by atoms with Gasteiger partial charge in [0.25, 0.3) is 5.91 Å². The molecule has 0 bridgehead atoms. The number of rotatable bonds is 8. The number of methoxy groups -OCH3 is 1. The number of halogens is 1. The van der Waals surface area contributed by atoms with Crippen molar-refractivity contribution in [1.82, 2.24) is 9.62 Å². The molecule has 0 aliphatic carbocycles. The Balaban J connectivity index is 1.31. The summed E-state index contributed by atoms with van der Waals surface area (Å²) in [6.45, 7) is 0.525. The zero-order chi connectivity index (χ0) is 29.0. The number of hydrogen-bond acceptors (Lipinski definition) is 6. The van der Waals surface area contributed by atoms with Gasteiger partial charge in [-0.25, -0.2) is 12.8 Å². The van der Waals surface area contributed by atoms with E-state index in [1.54, 1.807) is 24.3 Å². The van der Waals surface area contributed by atoms with Crippen LogP contribution >= 0.6 is 0 Å². The summed E-state index contributed by atoms with van der Waals surface area (Å²) in [7, 11) is -2.82. The first kappa shape index (κ1) is 28.6. The van der Waals surface area contributed by atoms with Crippen molar-refractivity contribution in [2.24, 2.45) is 5.92 Å². The first-order chi connectivity index (χ1) is 19.8. The molecule has 0 aromatic heterocycles. The third-order valence-electron chi connectivity index (χ3n) is 7.36. The monoisotopic (exact) mass is 581 g/mol. The van der Waals surface area contributed by atoms with Gasteiger partial charge in [0.15, 0.2) is 6.10 Å². The molecule has 0 radical (unpaired) electrons. The number of carbonyl (C=O) groups excluding carboxylic acids is 2. The number of carbonyl (C=O) groups is 2. The normalized spacial score (nSPS) is 19.1. The minimum Gasteiger partial charge on any atom is -0.495 e. The van der Waals surface area contributed by atoms with E-state index in [1.165, 1.54) is 22.4 Å². The number of anilines is 1. The molecule has 1 saturated heterocycles. The fourth-order valence-corrected chi connectivity index (χ4v) is 6.93. The molecule has 5 rings (SSSR count). The highest BCUT2D eigenvalue weighted by Gasteiger charge is 2.40. The quantitative estimate of drug-likeness (QED) is 0.437. The van der Waals surface area contributed by atoms with Crippen LogP contribution in [0.5, 0.6) is 11.5 Å². The van der Waals surface area contributed by atoms with Crippen LogP contribution < -0.4 is 19.7 Å². The number of benzene rings is 3. The van der Waals surface area contributed by atoms with Crippen molar-refractivity contribution in [2.75, 3.05) is 38.2 Å². The van der Waals surface area contributed by atoms with Gasteiger partial charge < -0.3 is 19.7 Å². The fourth-order valence-electron chi connectivity index (χ4n) is 5.24. The molecule has 0 spiro atoms. The second-order valence-corrected chi connectivity index (χ2v) is 12.0. The summed E-state index contributed by atoms with van der Waals surface area (Å²) in [5.74, 6) is -1.56. The van der Waals surface area contributed by atoms with Crippen molar-refractivity contribution in [3.8, 4) is 11.5 Å². The van der Waals surface area contributed by atoms with Gasteiger partial charge in [0, 0.05) is 19.6 Å². The van der Waals surface area contributed by atoms with Crippen molar-refractivity contribution in [2.45, 2.75) is 30.3 Å². The smallest absolute Gasteiger partial charge is 0.262 e. The maximum Gasteiger partial charge on any atom is 0.262 e. The highest BCUT2D eigenvalue weighted by atomic mass is 32.2. The molecule has 2 amide bonds. The second-order valence-electron chi connectivity index (χ2n) is 10.0. The van der Waals surface area contributed by atoms with E-state index in [9.17, 15) is 22.4 Å². The van der Waals surface area contributed by atoms with Crippen LogP contribution in [0, 0.1) is 11.7 Å². The summed E-state index contributed by atoms with van der Waals surface area (Å²) in [4.78, 5) is 28.2. The molecule has 1 N–H and O–H groups in total. The lowest BCUT2D eigenvalue weighted by Gasteiger charge is -2.38. The summed E-state index contributed by atoms with van der Waals surface area (Å²) in [5.41, 5.74) is 1.62. The molecule has 2 atom stereocenters. The summed E-state index contributed by atoms with van der Waals surface area (Å²) >= 11 is 0. The summed E-state index contributed by atoms with van der Waals surface area (Å²) in [5, 5.41) is 2.90. The predicted octanol–water partition coefficient (Wildman–Crippen LogP) is 3.39. The Bertz CT molecular complexity index is 1520. The number of ether oxygens (including phenoxy) is 2. The van der Waals surface area contributed by atoms with Gasteiger partial charge in [0.2, 0.25) is 15.9 Å². The lowest BCUT2D eigenvalue weighted by Crippen LogP contribution is -2.54. The molecule has 2 heterocycles. The van der Waals surface area contributed by atoms with Gasteiger partial charge in [0.1, 0.15) is 22.2 Å². The maximum absolute atomic E-state index is 14.0.